The van der Waals surface area contributed by atoms with Gasteiger partial charge in [-0.25, -0.2) is 4.79 Å². The molecule has 2 aliphatic rings. The van der Waals surface area contributed by atoms with Gasteiger partial charge in [-0.2, -0.15) is 5.10 Å². The van der Waals surface area contributed by atoms with Gasteiger partial charge < -0.3 is 9.80 Å². The Labute approximate surface area is 162 Å². The quantitative estimate of drug-likeness (QED) is 0.762. The maximum atomic E-state index is 12.4. The first kappa shape index (κ1) is 18.2. The van der Waals surface area contributed by atoms with Crippen molar-refractivity contribution in [1.29, 1.82) is 0 Å². The Balaban J connectivity index is 1.29. The lowest BCUT2D eigenvalue weighted by Gasteiger charge is -2.32. The molecule has 4 amide bonds. The van der Waals surface area contributed by atoms with E-state index in [2.05, 4.69) is 33.7 Å². The topological polar surface area (TPSA) is 98.4 Å². The summed E-state index contributed by atoms with van der Waals surface area (Å²) in [6.45, 7) is 1.17. The number of amides is 4. The van der Waals surface area contributed by atoms with Crippen molar-refractivity contribution in [2.75, 3.05) is 26.2 Å². The molecule has 1 aromatic carbocycles. The third-order valence-corrected chi connectivity index (χ3v) is 5.35. The summed E-state index contributed by atoms with van der Waals surface area (Å²) in [6.07, 6.45) is 2.50. The van der Waals surface area contributed by atoms with E-state index in [1.165, 1.54) is 10.5 Å². The number of aromatic amines is 1. The first-order valence-electron chi connectivity index (χ1n) is 9.53. The zero-order valence-electron chi connectivity index (χ0n) is 15.6. The highest BCUT2D eigenvalue weighted by Crippen LogP contribution is 2.27. The molecule has 0 radical (unpaired) electrons. The van der Waals surface area contributed by atoms with E-state index in [0.717, 1.165) is 30.7 Å². The predicted octanol–water partition coefficient (Wildman–Crippen LogP) is 1.26. The normalized spacial score (nSPS) is 17.9. The van der Waals surface area contributed by atoms with E-state index < -0.39 is 6.03 Å². The van der Waals surface area contributed by atoms with Crippen LogP contribution in [0.25, 0.3) is 0 Å². The molecule has 4 rings (SSSR count). The van der Waals surface area contributed by atoms with Gasteiger partial charge in [-0.1, -0.05) is 30.3 Å². The number of hydrogen-bond donors (Lipinski definition) is 2. The van der Waals surface area contributed by atoms with Crippen LogP contribution in [0.2, 0.25) is 0 Å². The van der Waals surface area contributed by atoms with Crippen LogP contribution >= 0.6 is 0 Å². The zero-order chi connectivity index (χ0) is 19.5. The second-order valence-corrected chi connectivity index (χ2v) is 7.34. The molecule has 2 saturated heterocycles. The van der Waals surface area contributed by atoms with Crippen molar-refractivity contribution < 1.29 is 14.4 Å². The molecule has 2 fully saturated rings. The van der Waals surface area contributed by atoms with Gasteiger partial charge in [0.25, 0.3) is 0 Å². The van der Waals surface area contributed by atoms with E-state index >= 15 is 0 Å². The number of nitrogens with one attached hydrogen (secondary N) is 2. The molecule has 0 aliphatic carbocycles. The predicted molar refractivity (Wildman–Crippen MR) is 102 cm³/mol. The van der Waals surface area contributed by atoms with Crippen LogP contribution in [0.5, 0.6) is 0 Å². The molecular weight excluding hydrogens is 358 g/mol. The van der Waals surface area contributed by atoms with E-state index in [4.69, 9.17) is 0 Å². The largest absolute Gasteiger partial charge is 0.341 e. The number of carbonyl (C=O) groups is 3. The number of imide groups is 1. The molecule has 8 nitrogen and oxygen atoms in total. The van der Waals surface area contributed by atoms with Gasteiger partial charge in [-0.05, 0) is 24.5 Å². The van der Waals surface area contributed by atoms with Crippen molar-refractivity contribution in [2.45, 2.75) is 25.2 Å². The number of carbonyl (C=O) groups excluding carboxylic acids is 3. The maximum absolute atomic E-state index is 12.4. The molecule has 2 N–H and O–H groups in total. The lowest BCUT2D eigenvalue weighted by Crippen LogP contribution is -2.44. The summed E-state index contributed by atoms with van der Waals surface area (Å²) in [5.41, 5.74) is 3.37. The first-order chi connectivity index (χ1) is 13.6. The van der Waals surface area contributed by atoms with Crippen LogP contribution in [-0.4, -0.2) is 64.0 Å². The van der Waals surface area contributed by atoms with Gasteiger partial charge in [0.1, 0.15) is 13.1 Å². The Kier molecular flexibility index (Phi) is 5.10. The SMILES string of the molecule is O=C1CN(CC(=O)N2CCC(c3cc(Cc4ccccc4)[nH]n3)CC2)C(=O)N1. The maximum Gasteiger partial charge on any atom is 0.325 e. The Morgan fingerprint density at radius 2 is 1.89 bits per heavy atom. The van der Waals surface area contributed by atoms with Gasteiger partial charge >= 0.3 is 6.03 Å². The average molecular weight is 381 g/mol. The van der Waals surface area contributed by atoms with Gasteiger partial charge in [0.2, 0.25) is 11.8 Å². The molecule has 0 bridgehead atoms. The molecule has 8 heteroatoms. The van der Waals surface area contributed by atoms with Crippen molar-refractivity contribution in [3.05, 3.63) is 53.3 Å². The molecule has 146 valence electrons. The molecule has 2 aromatic rings. The van der Waals surface area contributed by atoms with Crippen molar-refractivity contribution in [1.82, 2.24) is 25.3 Å². The van der Waals surface area contributed by atoms with Gasteiger partial charge in [0, 0.05) is 31.1 Å². The first-order valence-corrected chi connectivity index (χ1v) is 9.53. The van der Waals surface area contributed by atoms with Gasteiger partial charge in [-0.15, -0.1) is 0 Å². The smallest absolute Gasteiger partial charge is 0.325 e. The Morgan fingerprint density at radius 3 is 2.57 bits per heavy atom. The van der Waals surface area contributed by atoms with Crippen LogP contribution in [0.1, 0.15) is 35.7 Å². The number of urea groups is 1. The fourth-order valence-electron chi connectivity index (χ4n) is 3.79. The lowest BCUT2D eigenvalue weighted by atomic mass is 9.93. The average Bonchev–Trinajstić information content (AvgIpc) is 3.29. The molecule has 0 spiro atoms. The van der Waals surface area contributed by atoms with E-state index in [1.54, 1.807) is 4.90 Å². The van der Waals surface area contributed by atoms with Crippen molar-refractivity contribution in [3.63, 3.8) is 0 Å². The van der Waals surface area contributed by atoms with E-state index in [1.807, 2.05) is 18.2 Å². The second-order valence-electron chi connectivity index (χ2n) is 7.34. The Hall–Kier alpha value is -3.16. The number of piperidine rings is 1. The molecule has 3 heterocycles. The monoisotopic (exact) mass is 381 g/mol. The number of hydrogen-bond acceptors (Lipinski definition) is 4. The number of rotatable bonds is 5. The number of benzene rings is 1. The highest BCUT2D eigenvalue weighted by molar-refractivity contribution is 6.03. The number of nitrogens with zero attached hydrogens (tertiary/aromatic N) is 3. The minimum Gasteiger partial charge on any atom is -0.341 e. The van der Waals surface area contributed by atoms with Crippen LogP contribution in [-0.2, 0) is 16.0 Å². The minimum atomic E-state index is -0.490. The van der Waals surface area contributed by atoms with Crippen LogP contribution < -0.4 is 5.32 Å². The van der Waals surface area contributed by atoms with E-state index in [-0.39, 0.29) is 24.9 Å². The van der Waals surface area contributed by atoms with E-state index in [0.29, 0.717) is 19.0 Å². The summed E-state index contributed by atoms with van der Waals surface area (Å²) in [7, 11) is 0. The highest BCUT2D eigenvalue weighted by atomic mass is 16.2. The summed E-state index contributed by atoms with van der Waals surface area (Å²) in [5, 5.41) is 9.80. The second kappa shape index (κ2) is 7.84. The number of H-pyrrole nitrogens is 1. The minimum absolute atomic E-state index is 0.0432. The van der Waals surface area contributed by atoms with E-state index in [9.17, 15) is 14.4 Å². The fourth-order valence-corrected chi connectivity index (χ4v) is 3.79. The third kappa shape index (κ3) is 4.05. The zero-order valence-corrected chi connectivity index (χ0v) is 15.6. The molecular formula is C20H23N5O3. The molecule has 0 saturated carbocycles. The summed E-state index contributed by atoms with van der Waals surface area (Å²) in [4.78, 5) is 38.3. The van der Waals surface area contributed by atoms with Gasteiger partial charge in [0.05, 0.1) is 5.69 Å². The van der Waals surface area contributed by atoms with Gasteiger partial charge in [-0.3, -0.25) is 20.0 Å². The number of aromatic nitrogens is 2. The van der Waals surface area contributed by atoms with Gasteiger partial charge in [0.15, 0.2) is 0 Å². The van der Waals surface area contributed by atoms with Crippen LogP contribution in [0.3, 0.4) is 0 Å². The van der Waals surface area contributed by atoms with Crippen LogP contribution in [0, 0.1) is 0 Å². The summed E-state index contributed by atoms with van der Waals surface area (Å²) >= 11 is 0. The molecule has 28 heavy (non-hydrogen) atoms. The van der Waals surface area contributed by atoms with Crippen molar-refractivity contribution >= 4 is 17.8 Å². The lowest BCUT2D eigenvalue weighted by molar-refractivity contribution is -0.132. The summed E-state index contributed by atoms with van der Waals surface area (Å²) < 4.78 is 0. The van der Waals surface area contributed by atoms with Crippen molar-refractivity contribution in [2.24, 2.45) is 0 Å². The highest BCUT2D eigenvalue weighted by Gasteiger charge is 2.31. The molecule has 1 aromatic heterocycles. The Bertz CT molecular complexity index is 871. The standard InChI is InChI=1S/C20H23N5O3/c26-18-12-25(20(28)21-18)13-19(27)24-8-6-15(7-9-24)17-11-16(22-23-17)10-14-4-2-1-3-5-14/h1-5,11,15H,6-10,12-13H2,(H,22,23)(H,21,26,28). The molecule has 0 atom stereocenters. The van der Waals surface area contributed by atoms with Crippen molar-refractivity contribution in [3.8, 4) is 0 Å². The van der Waals surface area contributed by atoms with Crippen LogP contribution in [0.4, 0.5) is 4.79 Å². The fraction of sp³-hybridized carbons (Fsp3) is 0.400. The third-order valence-electron chi connectivity index (χ3n) is 5.35. The number of likely N-dealkylation sites (tertiary alicyclic amines) is 1. The Morgan fingerprint density at radius 1 is 1.14 bits per heavy atom. The summed E-state index contributed by atoms with van der Waals surface area (Å²) in [5.74, 6) is -0.155. The van der Waals surface area contributed by atoms with Crippen LogP contribution in [0.15, 0.2) is 36.4 Å². The molecule has 0 unspecified atom stereocenters. The summed E-state index contributed by atoms with van der Waals surface area (Å²) in [6, 6.07) is 11.9. The molecule has 2 aliphatic heterocycles.